The summed E-state index contributed by atoms with van der Waals surface area (Å²) in [6, 6.07) is 11.9. The lowest BCUT2D eigenvalue weighted by Crippen LogP contribution is -2.24. The van der Waals surface area contributed by atoms with Crippen molar-refractivity contribution in [1.29, 1.82) is 0 Å². The van der Waals surface area contributed by atoms with Crippen LogP contribution >= 0.6 is 0 Å². The monoisotopic (exact) mass is 352 g/mol. The molecule has 5 nitrogen and oxygen atoms in total. The first-order chi connectivity index (χ1) is 12.7. The maximum absolute atomic E-state index is 13.2. The number of amides is 1. The number of carbonyl (C=O) groups excluding carboxylic acids is 1. The van der Waals surface area contributed by atoms with E-state index in [2.05, 4.69) is 10.3 Å². The van der Waals surface area contributed by atoms with Crippen LogP contribution in [0.1, 0.15) is 17.5 Å². The van der Waals surface area contributed by atoms with E-state index in [1.54, 1.807) is 12.1 Å². The van der Waals surface area contributed by atoms with Gasteiger partial charge in [0.05, 0.1) is 0 Å². The SMILES string of the molecule is O=C1NC(CCc2cccc(F)c2)=N/C1=C/c1ccc2c(c1)OCCO2. The minimum absolute atomic E-state index is 0.242. The van der Waals surface area contributed by atoms with E-state index in [1.807, 2.05) is 24.3 Å². The van der Waals surface area contributed by atoms with Crippen molar-refractivity contribution in [2.24, 2.45) is 4.99 Å². The zero-order chi connectivity index (χ0) is 17.9. The van der Waals surface area contributed by atoms with Crippen LogP contribution in [-0.2, 0) is 11.2 Å². The molecular weight excluding hydrogens is 335 g/mol. The van der Waals surface area contributed by atoms with E-state index in [0.717, 1.165) is 11.1 Å². The number of amidine groups is 1. The molecule has 0 aliphatic carbocycles. The highest BCUT2D eigenvalue weighted by Crippen LogP contribution is 2.31. The van der Waals surface area contributed by atoms with Gasteiger partial charge in [0, 0.05) is 6.42 Å². The molecule has 2 aliphatic rings. The van der Waals surface area contributed by atoms with E-state index in [9.17, 15) is 9.18 Å². The molecule has 4 rings (SSSR count). The molecule has 0 aromatic heterocycles. The Bertz CT molecular complexity index is 921. The minimum Gasteiger partial charge on any atom is -0.486 e. The Labute approximate surface area is 150 Å². The second-order valence-corrected chi connectivity index (χ2v) is 6.08. The quantitative estimate of drug-likeness (QED) is 0.860. The van der Waals surface area contributed by atoms with Crippen LogP contribution in [0, 0.1) is 5.82 Å². The van der Waals surface area contributed by atoms with Crippen LogP contribution in [0.4, 0.5) is 4.39 Å². The first-order valence-electron chi connectivity index (χ1n) is 8.42. The third-order valence-electron chi connectivity index (χ3n) is 4.15. The zero-order valence-corrected chi connectivity index (χ0v) is 14.0. The van der Waals surface area contributed by atoms with Crippen molar-refractivity contribution in [1.82, 2.24) is 5.32 Å². The summed E-state index contributed by atoms with van der Waals surface area (Å²) in [5.41, 5.74) is 2.02. The molecule has 2 aliphatic heterocycles. The van der Waals surface area contributed by atoms with Gasteiger partial charge >= 0.3 is 0 Å². The number of hydrogen-bond acceptors (Lipinski definition) is 4. The molecule has 1 N–H and O–H groups in total. The van der Waals surface area contributed by atoms with Gasteiger partial charge in [-0.15, -0.1) is 0 Å². The van der Waals surface area contributed by atoms with Gasteiger partial charge in [0.1, 0.15) is 30.6 Å². The standard InChI is InChI=1S/C20H17FN2O3/c21-15-3-1-2-13(10-15)5-7-19-22-16(20(24)23-19)11-14-4-6-17-18(12-14)26-9-8-25-17/h1-4,6,10-12H,5,7-9H2,(H,22,23,24)/b16-11+. The number of ether oxygens (including phenoxy) is 2. The van der Waals surface area contributed by atoms with Crippen molar-refractivity contribution in [3.05, 3.63) is 65.1 Å². The molecule has 1 amide bonds. The van der Waals surface area contributed by atoms with Gasteiger partial charge in [-0.2, -0.15) is 0 Å². The summed E-state index contributed by atoms with van der Waals surface area (Å²) in [6.45, 7) is 1.05. The molecule has 0 saturated heterocycles. The van der Waals surface area contributed by atoms with E-state index < -0.39 is 0 Å². The number of fused-ring (bicyclic) bond motifs is 1. The Morgan fingerprint density at radius 2 is 1.92 bits per heavy atom. The van der Waals surface area contributed by atoms with Crippen LogP contribution in [0.5, 0.6) is 11.5 Å². The number of aliphatic imine (C=N–C) groups is 1. The average molecular weight is 352 g/mol. The molecule has 0 saturated carbocycles. The van der Waals surface area contributed by atoms with Crippen molar-refractivity contribution in [2.75, 3.05) is 13.2 Å². The second kappa shape index (κ2) is 7.00. The fourth-order valence-corrected chi connectivity index (χ4v) is 2.90. The predicted molar refractivity (Wildman–Crippen MR) is 95.7 cm³/mol. The van der Waals surface area contributed by atoms with Gasteiger partial charge in [-0.05, 0) is 47.9 Å². The lowest BCUT2D eigenvalue weighted by Gasteiger charge is -2.18. The van der Waals surface area contributed by atoms with Crippen molar-refractivity contribution >= 4 is 17.8 Å². The van der Waals surface area contributed by atoms with E-state index in [0.29, 0.717) is 49.1 Å². The highest BCUT2D eigenvalue weighted by Gasteiger charge is 2.20. The minimum atomic E-state index is -0.265. The number of carbonyl (C=O) groups is 1. The molecule has 2 heterocycles. The van der Waals surface area contributed by atoms with Crippen LogP contribution in [0.25, 0.3) is 6.08 Å². The van der Waals surface area contributed by atoms with Crippen LogP contribution in [-0.4, -0.2) is 25.0 Å². The number of benzene rings is 2. The molecule has 0 fully saturated rings. The average Bonchev–Trinajstić information content (AvgIpc) is 2.99. The largest absolute Gasteiger partial charge is 0.486 e. The van der Waals surface area contributed by atoms with Gasteiger partial charge in [-0.25, -0.2) is 9.38 Å². The summed E-state index contributed by atoms with van der Waals surface area (Å²) in [6.07, 6.45) is 2.85. The van der Waals surface area contributed by atoms with E-state index >= 15 is 0 Å². The van der Waals surface area contributed by atoms with Gasteiger partial charge < -0.3 is 14.8 Å². The van der Waals surface area contributed by atoms with E-state index in [1.165, 1.54) is 12.1 Å². The van der Waals surface area contributed by atoms with Crippen LogP contribution in [0.2, 0.25) is 0 Å². The van der Waals surface area contributed by atoms with Gasteiger partial charge in [0.2, 0.25) is 0 Å². The number of nitrogens with zero attached hydrogens (tertiary/aromatic N) is 1. The Hall–Kier alpha value is -3.15. The van der Waals surface area contributed by atoms with Crippen LogP contribution in [0.3, 0.4) is 0 Å². The Morgan fingerprint density at radius 1 is 1.08 bits per heavy atom. The summed E-state index contributed by atoms with van der Waals surface area (Å²) in [5.74, 6) is 1.45. The summed E-state index contributed by atoms with van der Waals surface area (Å²) in [7, 11) is 0. The number of rotatable bonds is 4. The van der Waals surface area contributed by atoms with Crippen molar-refractivity contribution in [3.8, 4) is 11.5 Å². The smallest absolute Gasteiger partial charge is 0.275 e. The first kappa shape index (κ1) is 16.3. The summed E-state index contributed by atoms with van der Waals surface area (Å²) >= 11 is 0. The van der Waals surface area contributed by atoms with Crippen molar-refractivity contribution in [2.45, 2.75) is 12.8 Å². The number of halogens is 1. The number of aryl methyl sites for hydroxylation is 1. The molecule has 0 atom stereocenters. The molecule has 6 heteroatoms. The molecule has 132 valence electrons. The Balaban J connectivity index is 1.48. The Morgan fingerprint density at radius 3 is 2.77 bits per heavy atom. The second-order valence-electron chi connectivity index (χ2n) is 6.08. The van der Waals surface area contributed by atoms with Gasteiger partial charge in [0.15, 0.2) is 11.5 Å². The van der Waals surface area contributed by atoms with Crippen molar-refractivity contribution in [3.63, 3.8) is 0 Å². The van der Waals surface area contributed by atoms with Crippen LogP contribution < -0.4 is 14.8 Å². The zero-order valence-electron chi connectivity index (χ0n) is 14.0. The number of hydrogen-bond donors (Lipinski definition) is 1. The highest BCUT2D eigenvalue weighted by molar-refractivity contribution is 6.14. The summed E-state index contributed by atoms with van der Waals surface area (Å²) in [4.78, 5) is 16.5. The van der Waals surface area contributed by atoms with E-state index in [-0.39, 0.29) is 11.7 Å². The molecule has 0 spiro atoms. The third-order valence-corrected chi connectivity index (χ3v) is 4.15. The van der Waals surface area contributed by atoms with Crippen molar-refractivity contribution < 1.29 is 18.7 Å². The van der Waals surface area contributed by atoms with Gasteiger partial charge in [-0.3, -0.25) is 4.79 Å². The molecule has 0 radical (unpaired) electrons. The Kier molecular flexibility index (Phi) is 4.39. The lowest BCUT2D eigenvalue weighted by atomic mass is 10.1. The molecular formula is C20H17FN2O3. The highest BCUT2D eigenvalue weighted by atomic mass is 19.1. The molecule has 0 unspecified atom stereocenters. The van der Waals surface area contributed by atoms with E-state index in [4.69, 9.17) is 9.47 Å². The van der Waals surface area contributed by atoms with Crippen LogP contribution in [0.15, 0.2) is 53.2 Å². The molecule has 2 aromatic carbocycles. The maximum atomic E-state index is 13.2. The topological polar surface area (TPSA) is 59.9 Å². The number of nitrogens with one attached hydrogen (secondary N) is 1. The maximum Gasteiger partial charge on any atom is 0.275 e. The molecule has 2 aromatic rings. The molecule has 0 bridgehead atoms. The van der Waals surface area contributed by atoms with Gasteiger partial charge in [0.25, 0.3) is 5.91 Å². The molecule has 26 heavy (non-hydrogen) atoms. The van der Waals surface area contributed by atoms with Gasteiger partial charge in [-0.1, -0.05) is 18.2 Å². The first-order valence-corrected chi connectivity index (χ1v) is 8.42. The normalized spacial score (nSPS) is 17.2. The fourth-order valence-electron chi connectivity index (χ4n) is 2.90. The summed E-state index contributed by atoms with van der Waals surface area (Å²) < 4.78 is 24.3. The third kappa shape index (κ3) is 3.59. The predicted octanol–water partition coefficient (Wildman–Crippen LogP) is 3.10. The lowest BCUT2D eigenvalue weighted by molar-refractivity contribution is -0.115. The fraction of sp³-hybridized carbons (Fsp3) is 0.200. The summed E-state index contributed by atoms with van der Waals surface area (Å²) in [5, 5.41) is 2.76.